The van der Waals surface area contributed by atoms with E-state index in [-0.39, 0.29) is 18.4 Å². The largest absolute Gasteiger partial charge is 0.323 e. The second-order valence-electron chi connectivity index (χ2n) is 7.71. The number of carbonyl (C=O) groups excluding carboxylic acids is 2. The van der Waals surface area contributed by atoms with Crippen molar-refractivity contribution in [3.63, 3.8) is 0 Å². The molecule has 1 aliphatic rings. The predicted molar refractivity (Wildman–Crippen MR) is 117 cm³/mol. The minimum atomic E-state index is -1.25. The van der Waals surface area contributed by atoms with Gasteiger partial charge in [-0.1, -0.05) is 35.9 Å². The number of carbonyl (C=O) groups is 2. The van der Waals surface area contributed by atoms with Gasteiger partial charge in [0, 0.05) is 28.5 Å². The molecule has 4 rings (SSSR count). The van der Waals surface area contributed by atoms with Crippen molar-refractivity contribution < 1.29 is 14.2 Å². The van der Waals surface area contributed by atoms with Crippen LogP contribution in [-0.4, -0.2) is 11.8 Å². The number of aryl methyl sites for hydroxylation is 2. The van der Waals surface area contributed by atoms with Gasteiger partial charge in [-0.2, -0.15) is 4.57 Å². The van der Waals surface area contributed by atoms with Gasteiger partial charge in [-0.25, -0.2) is 0 Å². The zero-order chi connectivity index (χ0) is 21.5. The van der Waals surface area contributed by atoms with E-state index in [1.807, 2.05) is 61.0 Å². The van der Waals surface area contributed by atoms with Crippen LogP contribution >= 0.6 is 11.6 Å². The van der Waals surface area contributed by atoms with Gasteiger partial charge in [0.15, 0.2) is 6.20 Å². The zero-order valence-electron chi connectivity index (χ0n) is 17.1. The fourth-order valence-electron chi connectivity index (χ4n) is 4.09. The number of nitrogens with one attached hydrogen (secondary N) is 1. The SMILES string of the molecule is Cc1cccc(C)c1NC(=O)C1(C)c2cccc[n+]2CC(=O)N1c1ccc(Cl)cc1. The number of aromatic nitrogens is 1. The lowest BCUT2D eigenvalue weighted by Gasteiger charge is -2.40. The van der Waals surface area contributed by atoms with Crippen LogP contribution in [-0.2, 0) is 21.7 Å². The Bertz CT molecular complexity index is 1120. The molecule has 5 nitrogen and oxygen atoms in total. The van der Waals surface area contributed by atoms with Crippen molar-refractivity contribution in [2.45, 2.75) is 32.9 Å². The summed E-state index contributed by atoms with van der Waals surface area (Å²) in [7, 11) is 0. The van der Waals surface area contributed by atoms with E-state index in [4.69, 9.17) is 11.6 Å². The molecule has 0 spiro atoms. The molecule has 3 aromatic rings. The van der Waals surface area contributed by atoms with Gasteiger partial charge in [-0.3, -0.25) is 14.5 Å². The summed E-state index contributed by atoms with van der Waals surface area (Å²) in [5.74, 6) is -0.442. The van der Waals surface area contributed by atoms with E-state index in [1.165, 1.54) is 0 Å². The van der Waals surface area contributed by atoms with Crippen molar-refractivity contribution in [3.05, 3.63) is 88.7 Å². The number of nitrogens with zero attached hydrogens (tertiary/aromatic N) is 2. The number of hydrogen-bond donors (Lipinski definition) is 1. The summed E-state index contributed by atoms with van der Waals surface area (Å²) in [6, 6.07) is 18.5. The Morgan fingerprint density at radius 2 is 1.70 bits per heavy atom. The van der Waals surface area contributed by atoms with Gasteiger partial charge in [0.25, 0.3) is 11.8 Å². The fraction of sp³-hybridized carbons (Fsp3) is 0.208. The average Bonchev–Trinajstić information content (AvgIpc) is 2.72. The Hall–Kier alpha value is -3.18. The van der Waals surface area contributed by atoms with Crippen LogP contribution in [0, 0.1) is 13.8 Å². The molecular weight excluding hydrogens is 398 g/mol. The van der Waals surface area contributed by atoms with Gasteiger partial charge >= 0.3 is 0 Å². The minimum Gasteiger partial charge on any atom is -0.323 e. The molecule has 0 fully saturated rings. The van der Waals surface area contributed by atoms with Gasteiger partial charge in [-0.05, 0) is 56.2 Å². The highest BCUT2D eigenvalue weighted by Crippen LogP contribution is 2.36. The van der Waals surface area contributed by atoms with Crippen LogP contribution in [0.5, 0.6) is 0 Å². The lowest BCUT2D eigenvalue weighted by Crippen LogP contribution is -2.67. The quantitative estimate of drug-likeness (QED) is 0.647. The average molecular weight is 421 g/mol. The van der Waals surface area contributed by atoms with Crippen molar-refractivity contribution in [1.29, 1.82) is 0 Å². The fourth-order valence-corrected chi connectivity index (χ4v) is 4.22. The Balaban J connectivity index is 1.87. The third kappa shape index (κ3) is 3.25. The van der Waals surface area contributed by atoms with Crippen LogP contribution in [0.4, 0.5) is 11.4 Å². The number of benzene rings is 2. The Morgan fingerprint density at radius 1 is 1.03 bits per heavy atom. The van der Waals surface area contributed by atoms with Gasteiger partial charge < -0.3 is 5.32 Å². The molecule has 0 saturated carbocycles. The molecule has 6 heteroatoms. The van der Waals surface area contributed by atoms with Gasteiger partial charge in [-0.15, -0.1) is 0 Å². The molecule has 2 heterocycles. The molecule has 1 aromatic heterocycles. The maximum Gasteiger partial charge on any atom is 0.294 e. The first-order valence-electron chi connectivity index (χ1n) is 9.77. The maximum absolute atomic E-state index is 13.8. The molecule has 0 aliphatic carbocycles. The maximum atomic E-state index is 13.8. The van der Waals surface area contributed by atoms with Crippen LogP contribution in [0.2, 0.25) is 5.02 Å². The van der Waals surface area contributed by atoms with E-state index in [0.717, 1.165) is 22.5 Å². The van der Waals surface area contributed by atoms with Crippen LogP contribution in [0.25, 0.3) is 0 Å². The molecule has 1 atom stereocenters. The second-order valence-corrected chi connectivity index (χ2v) is 8.15. The van der Waals surface area contributed by atoms with E-state index in [9.17, 15) is 9.59 Å². The normalized spacial score (nSPS) is 18.1. The second kappa shape index (κ2) is 7.58. The molecule has 1 N–H and O–H groups in total. The predicted octanol–water partition coefficient (Wildman–Crippen LogP) is 4.15. The Labute approximate surface area is 180 Å². The molecule has 2 amide bonds. The van der Waals surface area contributed by atoms with Gasteiger partial charge in [0.1, 0.15) is 0 Å². The van der Waals surface area contributed by atoms with Crippen LogP contribution in [0.15, 0.2) is 66.9 Å². The number of anilines is 2. The highest BCUT2D eigenvalue weighted by atomic mass is 35.5. The number of amides is 2. The highest BCUT2D eigenvalue weighted by molar-refractivity contribution is 6.30. The van der Waals surface area contributed by atoms with E-state index in [1.54, 1.807) is 36.1 Å². The molecule has 1 unspecified atom stereocenters. The standard InChI is InChI=1S/C24H22ClN3O2/c1-16-7-6-8-17(2)22(16)26-23(30)24(3)20-9-4-5-14-27(20)15-21(29)28(24)19-12-10-18(25)11-13-19/h4-14H,15H2,1-3H3/p+1. The monoisotopic (exact) mass is 420 g/mol. The zero-order valence-corrected chi connectivity index (χ0v) is 17.9. The first-order valence-corrected chi connectivity index (χ1v) is 10.2. The minimum absolute atomic E-state index is 0.158. The number of rotatable bonds is 3. The van der Waals surface area contributed by atoms with Crippen LogP contribution < -0.4 is 14.8 Å². The summed E-state index contributed by atoms with van der Waals surface area (Å²) < 4.78 is 1.83. The highest BCUT2D eigenvalue weighted by Gasteiger charge is 2.54. The van der Waals surface area contributed by atoms with E-state index in [2.05, 4.69) is 5.32 Å². The summed E-state index contributed by atoms with van der Waals surface area (Å²) in [6.45, 7) is 5.85. The van der Waals surface area contributed by atoms with Crippen molar-refractivity contribution in [3.8, 4) is 0 Å². The van der Waals surface area contributed by atoms with Gasteiger partial charge in [0.05, 0.1) is 0 Å². The Morgan fingerprint density at radius 3 is 2.37 bits per heavy atom. The number of para-hydroxylation sites is 1. The molecule has 0 saturated heterocycles. The number of halogens is 1. The lowest BCUT2D eigenvalue weighted by molar-refractivity contribution is -0.697. The van der Waals surface area contributed by atoms with E-state index in [0.29, 0.717) is 10.7 Å². The topological polar surface area (TPSA) is 53.3 Å². The summed E-state index contributed by atoms with van der Waals surface area (Å²) in [6.07, 6.45) is 1.83. The molecule has 0 radical (unpaired) electrons. The van der Waals surface area contributed by atoms with Crippen LogP contribution in [0.1, 0.15) is 23.7 Å². The van der Waals surface area contributed by atoms with E-state index < -0.39 is 5.54 Å². The molecule has 30 heavy (non-hydrogen) atoms. The summed E-state index contributed by atoms with van der Waals surface area (Å²) in [5.41, 5.74) is 2.81. The summed E-state index contributed by atoms with van der Waals surface area (Å²) >= 11 is 6.06. The molecular formula is C24H23ClN3O2+. The van der Waals surface area contributed by atoms with Crippen molar-refractivity contribution in [1.82, 2.24) is 0 Å². The molecule has 1 aliphatic heterocycles. The first kappa shape index (κ1) is 20.1. The molecule has 0 bridgehead atoms. The third-order valence-corrected chi connectivity index (χ3v) is 5.94. The summed E-state index contributed by atoms with van der Waals surface area (Å²) in [5, 5.41) is 3.66. The molecule has 152 valence electrons. The Kier molecular flexibility index (Phi) is 5.08. The third-order valence-electron chi connectivity index (χ3n) is 5.69. The number of pyridine rings is 1. The first-order chi connectivity index (χ1) is 14.3. The van der Waals surface area contributed by atoms with Gasteiger partial charge in [0.2, 0.25) is 17.8 Å². The lowest BCUT2D eigenvalue weighted by atomic mass is 9.89. The van der Waals surface area contributed by atoms with Crippen molar-refractivity contribution >= 4 is 34.8 Å². The smallest absolute Gasteiger partial charge is 0.294 e. The van der Waals surface area contributed by atoms with Crippen molar-refractivity contribution in [2.24, 2.45) is 0 Å². The van der Waals surface area contributed by atoms with Crippen molar-refractivity contribution in [2.75, 3.05) is 10.2 Å². The van der Waals surface area contributed by atoms with E-state index >= 15 is 0 Å². The number of hydrogen-bond acceptors (Lipinski definition) is 2. The summed E-state index contributed by atoms with van der Waals surface area (Å²) in [4.78, 5) is 28.6. The number of fused-ring (bicyclic) bond motifs is 1. The molecule has 2 aromatic carbocycles. The van der Waals surface area contributed by atoms with Crippen LogP contribution in [0.3, 0.4) is 0 Å².